The van der Waals surface area contributed by atoms with Crippen LogP contribution in [0.15, 0.2) is 42.5 Å². The molecule has 0 aromatic heterocycles. The minimum atomic E-state index is -0.219. The van der Waals surface area contributed by atoms with Crippen LogP contribution in [-0.4, -0.2) is 29.7 Å². The van der Waals surface area contributed by atoms with E-state index in [2.05, 4.69) is 57.5 Å². The summed E-state index contributed by atoms with van der Waals surface area (Å²) in [7, 11) is 2.08. The van der Waals surface area contributed by atoms with Gasteiger partial charge in [-0.15, -0.1) is 0 Å². The van der Waals surface area contributed by atoms with Crippen molar-refractivity contribution in [1.29, 1.82) is 0 Å². The first-order valence-corrected chi connectivity index (χ1v) is 8.44. The molecule has 0 amide bonds. The largest absolute Gasteiger partial charge is 0.437 e. The molecule has 3 rings (SSSR count). The van der Waals surface area contributed by atoms with Crippen LogP contribution in [0.5, 0.6) is 0 Å². The van der Waals surface area contributed by atoms with Crippen LogP contribution >= 0.6 is 0 Å². The molecule has 0 spiro atoms. The quantitative estimate of drug-likeness (QED) is 0.737. The predicted molar refractivity (Wildman–Crippen MR) is 96.2 cm³/mol. The molecule has 0 aliphatic carbocycles. The van der Waals surface area contributed by atoms with Crippen molar-refractivity contribution in [3.8, 4) is 11.1 Å². The molecular formula is C21H25FNO+. The van der Waals surface area contributed by atoms with Gasteiger partial charge in [0.05, 0.1) is 5.56 Å². The highest BCUT2D eigenvalue weighted by Crippen LogP contribution is 2.33. The molecular weight excluding hydrogens is 301 g/mol. The Morgan fingerprint density at radius 2 is 1.75 bits per heavy atom. The molecule has 24 heavy (non-hydrogen) atoms. The van der Waals surface area contributed by atoms with Gasteiger partial charge in [-0.3, -0.25) is 0 Å². The number of halogens is 1. The molecule has 2 aromatic rings. The van der Waals surface area contributed by atoms with E-state index < -0.39 is 0 Å². The third-order valence-electron chi connectivity index (χ3n) is 4.86. The zero-order valence-electron chi connectivity index (χ0n) is 15.1. The van der Waals surface area contributed by atoms with E-state index in [0.29, 0.717) is 12.5 Å². The second-order valence-electron chi connectivity index (χ2n) is 7.40. The zero-order chi connectivity index (χ0) is 17.5. The molecule has 0 saturated heterocycles. The highest BCUT2D eigenvalue weighted by Gasteiger charge is 2.42. The Bertz CT molecular complexity index is 788. The van der Waals surface area contributed by atoms with Crippen molar-refractivity contribution in [3.63, 3.8) is 0 Å². The van der Waals surface area contributed by atoms with Crippen LogP contribution in [0.25, 0.3) is 11.1 Å². The Labute approximate surface area is 143 Å². The van der Waals surface area contributed by atoms with E-state index >= 15 is 0 Å². The average molecular weight is 326 g/mol. The number of nitrogens with zero attached hydrogens (tertiary/aromatic N) is 1. The topological polar surface area (TPSA) is 12.2 Å². The third-order valence-corrected chi connectivity index (χ3v) is 4.86. The van der Waals surface area contributed by atoms with Gasteiger partial charge < -0.3 is 4.74 Å². The normalized spacial score (nSPS) is 16.6. The van der Waals surface area contributed by atoms with Crippen LogP contribution in [-0.2, 0) is 4.74 Å². The van der Waals surface area contributed by atoms with Crippen molar-refractivity contribution in [1.82, 2.24) is 0 Å². The minimum Gasteiger partial charge on any atom is -0.437 e. The highest BCUT2D eigenvalue weighted by molar-refractivity contribution is 6.00. The number of likely N-dealkylation sites (N-methyl/N-ethyl adjacent to an activating group) is 1. The maximum atomic E-state index is 13.3. The molecule has 0 bridgehead atoms. The maximum absolute atomic E-state index is 13.3. The lowest BCUT2D eigenvalue weighted by Crippen LogP contribution is -2.33. The summed E-state index contributed by atoms with van der Waals surface area (Å²) in [5.74, 6) is 1.06. The fraction of sp³-hybridized carbons (Fsp3) is 0.381. The van der Waals surface area contributed by atoms with Gasteiger partial charge in [-0.25, -0.2) is 4.39 Å². The van der Waals surface area contributed by atoms with Crippen LogP contribution < -0.4 is 0 Å². The number of benzene rings is 2. The standard InChI is InChI=1S/C21H25FNO/c1-14(2)17-7-6-8-18(15-9-11-16(22)12-10-15)19(17)20-23(5)21(3,4)13-24-20/h6-12,14H,13H2,1-5H3/q+1. The highest BCUT2D eigenvalue weighted by atomic mass is 19.1. The van der Waals surface area contributed by atoms with E-state index in [1.165, 1.54) is 17.7 Å². The Balaban J connectivity index is 2.27. The summed E-state index contributed by atoms with van der Waals surface area (Å²) in [6.07, 6.45) is 0. The van der Waals surface area contributed by atoms with Gasteiger partial charge in [0, 0.05) is 13.8 Å². The van der Waals surface area contributed by atoms with Gasteiger partial charge in [-0.2, -0.15) is 4.58 Å². The Hall–Kier alpha value is -2.16. The predicted octanol–water partition coefficient (Wildman–Crippen LogP) is 4.81. The molecule has 0 fully saturated rings. The van der Waals surface area contributed by atoms with Gasteiger partial charge in [0.1, 0.15) is 12.9 Å². The maximum Gasteiger partial charge on any atom is 0.371 e. The number of ether oxygens (including phenoxy) is 1. The fourth-order valence-electron chi connectivity index (χ4n) is 3.11. The van der Waals surface area contributed by atoms with Crippen LogP contribution in [0.1, 0.15) is 44.7 Å². The van der Waals surface area contributed by atoms with Crippen LogP contribution in [0.3, 0.4) is 0 Å². The van der Waals surface area contributed by atoms with Crippen LogP contribution in [0.2, 0.25) is 0 Å². The number of rotatable bonds is 3. The Morgan fingerprint density at radius 3 is 2.29 bits per heavy atom. The lowest BCUT2D eigenvalue weighted by molar-refractivity contribution is -0.562. The molecule has 0 N–H and O–H groups in total. The van der Waals surface area contributed by atoms with Gasteiger partial charge in [0.2, 0.25) is 0 Å². The van der Waals surface area contributed by atoms with Crippen molar-refractivity contribution in [2.75, 3.05) is 13.7 Å². The number of hydrogen-bond donors (Lipinski definition) is 0. The summed E-state index contributed by atoms with van der Waals surface area (Å²) in [5, 5.41) is 0. The molecule has 3 heteroatoms. The summed E-state index contributed by atoms with van der Waals surface area (Å²) in [6.45, 7) is 9.39. The van der Waals surface area contributed by atoms with Gasteiger partial charge in [-0.1, -0.05) is 44.2 Å². The first-order valence-electron chi connectivity index (χ1n) is 8.44. The van der Waals surface area contributed by atoms with Crippen molar-refractivity contribution < 1.29 is 13.7 Å². The lowest BCUT2D eigenvalue weighted by Gasteiger charge is -2.16. The van der Waals surface area contributed by atoms with Gasteiger partial charge >= 0.3 is 5.90 Å². The SMILES string of the molecule is CC(C)c1cccc(-c2ccc(F)cc2)c1C1=[N+](C)C(C)(C)CO1. The number of hydrogen-bond acceptors (Lipinski definition) is 1. The van der Waals surface area contributed by atoms with E-state index in [9.17, 15) is 4.39 Å². The van der Waals surface area contributed by atoms with Gasteiger partial charge in [-0.05, 0) is 34.7 Å². The molecule has 126 valence electrons. The zero-order valence-corrected chi connectivity index (χ0v) is 15.1. The summed E-state index contributed by atoms with van der Waals surface area (Å²) < 4.78 is 21.7. The molecule has 0 unspecified atom stereocenters. The molecule has 0 saturated carbocycles. The monoisotopic (exact) mass is 326 g/mol. The average Bonchev–Trinajstić information content (AvgIpc) is 2.81. The lowest BCUT2D eigenvalue weighted by atomic mass is 9.90. The van der Waals surface area contributed by atoms with Crippen molar-refractivity contribution in [2.45, 2.75) is 39.2 Å². The van der Waals surface area contributed by atoms with E-state index in [1.807, 2.05) is 12.1 Å². The Morgan fingerprint density at radius 1 is 1.08 bits per heavy atom. The van der Waals surface area contributed by atoms with Crippen LogP contribution in [0.4, 0.5) is 4.39 Å². The van der Waals surface area contributed by atoms with Gasteiger partial charge in [0.15, 0.2) is 12.1 Å². The second kappa shape index (κ2) is 6.04. The minimum absolute atomic E-state index is 0.0422. The van der Waals surface area contributed by atoms with E-state index in [1.54, 1.807) is 0 Å². The van der Waals surface area contributed by atoms with E-state index in [4.69, 9.17) is 4.74 Å². The summed E-state index contributed by atoms with van der Waals surface area (Å²) >= 11 is 0. The molecule has 2 nitrogen and oxygen atoms in total. The Kier molecular flexibility index (Phi) is 4.20. The smallest absolute Gasteiger partial charge is 0.371 e. The second-order valence-corrected chi connectivity index (χ2v) is 7.40. The third kappa shape index (κ3) is 2.83. The summed E-state index contributed by atoms with van der Waals surface area (Å²) in [5.41, 5.74) is 4.41. The van der Waals surface area contributed by atoms with E-state index in [-0.39, 0.29) is 11.4 Å². The first-order chi connectivity index (χ1) is 11.3. The molecule has 1 aliphatic rings. The summed E-state index contributed by atoms with van der Waals surface area (Å²) in [6, 6.07) is 13.0. The molecule has 1 heterocycles. The van der Waals surface area contributed by atoms with Gasteiger partial charge in [0.25, 0.3) is 0 Å². The molecule has 2 aromatic carbocycles. The van der Waals surface area contributed by atoms with Crippen molar-refractivity contribution >= 4 is 5.90 Å². The summed E-state index contributed by atoms with van der Waals surface area (Å²) in [4.78, 5) is 0. The fourth-order valence-corrected chi connectivity index (χ4v) is 3.11. The first kappa shape index (κ1) is 16.7. The van der Waals surface area contributed by atoms with Crippen molar-refractivity contribution in [2.24, 2.45) is 0 Å². The molecule has 1 aliphatic heterocycles. The molecule has 0 radical (unpaired) electrons. The van der Waals surface area contributed by atoms with E-state index in [0.717, 1.165) is 22.6 Å². The molecule has 0 atom stereocenters. The van der Waals surface area contributed by atoms with Crippen LogP contribution in [0, 0.1) is 5.82 Å². The van der Waals surface area contributed by atoms with Crippen molar-refractivity contribution in [3.05, 3.63) is 59.4 Å².